The van der Waals surface area contributed by atoms with Crippen molar-refractivity contribution in [3.8, 4) is 11.5 Å². The highest BCUT2D eigenvalue weighted by molar-refractivity contribution is 6.07. The van der Waals surface area contributed by atoms with Gasteiger partial charge in [-0.15, -0.1) is 0 Å². The van der Waals surface area contributed by atoms with Gasteiger partial charge in [0, 0.05) is 46.6 Å². The van der Waals surface area contributed by atoms with Gasteiger partial charge in [0.25, 0.3) is 0 Å². The molecule has 0 atom stereocenters. The number of ether oxygens (including phenoxy) is 2. The summed E-state index contributed by atoms with van der Waals surface area (Å²) >= 11 is 0. The van der Waals surface area contributed by atoms with Crippen LogP contribution >= 0.6 is 0 Å². The largest absolute Gasteiger partial charge is 0.426 e. The van der Waals surface area contributed by atoms with E-state index < -0.39 is 0 Å². The molecular formula is C52H62O4. The van der Waals surface area contributed by atoms with Crippen molar-refractivity contribution in [2.75, 3.05) is 0 Å². The fourth-order valence-corrected chi connectivity index (χ4v) is 9.46. The highest BCUT2D eigenvalue weighted by Gasteiger charge is 2.46. The van der Waals surface area contributed by atoms with Crippen molar-refractivity contribution >= 4 is 33.5 Å². The van der Waals surface area contributed by atoms with Crippen LogP contribution in [-0.2, 0) is 9.59 Å². The second-order valence-electron chi connectivity index (χ2n) is 16.5. The summed E-state index contributed by atoms with van der Waals surface area (Å²) in [7, 11) is 0. The topological polar surface area (TPSA) is 52.6 Å². The van der Waals surface area contributed by atoms with Crippen molar-refractivity contribution in [1.82, 2.24) is 0 Å². The van der Waals surface area contributed by atoms with Gasteiger partial charge in [-0.3, -0.25) is 9.59 Å². The molecule has 0 heterocycles. The number of esters is 2. The molecular weight excluding hydrogens is 689 g/mol. The number of hydrogen-bond acceptors (Lipinski definition) is 4. The summed E-state index contributed by atoms with van der Waals surface area (Å²) in [6, 6.07) is 29.9. The standard InChI is InChI=1S/C52H62O4/c1-3-5-7-9-11-13-15-17-19-33-45(53)55-51-43-35-37-27-21-22-28-38(37)36-44(43)52(56-46(54)34-20-18-16-14-12-10-8-6-4-2)50-48-41-31-25-23-29-39(41)47(49(50)51)40-30-24-26-32-42(40)48/h21-32,35-36,47-48H,3-20,33-34H2,1-2H3. The van der Waals surface area contributed by atoms with E-state index in [4.69, 9.17) is 9.47 Å². The molecule has 4 heteroatoms. The number of unbranched alkanes of at least 4 members (excludes halogenated alkanes) is 16. The number of fused-ring (bicyclic) bond motifs is 2. The summed E-state index contributed by atoms with van der Waals surface area (Å²) < 4.78 is 13.3. The van der Waals surface area contributed by atoms with E-state index in [1.54, 1.807) is 0 Å². The molecule has 0 saturated heterocycles. The Morgan fingerprint density at radius 3 is 1.07 bits per heavy atom. The van der Waals surface area contributed by atoms with Gasteiger partial charge in [-0.25, -0.2) is 0 Å². The number of carbonyl (C=O) groups excluding carboxylic acids is 2. The summed E-state index contributed by atoms with van der Waals surface area (Å²) in [5.41, 5.74) is 6.86. The van der Waals surface area contributed by atoms with E-state index in [0.717, 1.165) is 71.2 Å². The minimum absolute atomic E-state index is 0.149. The molecule has 8 rings (SSSR count). The molecule has 3 aliphatic carbocycles. The van der Waals surface area contributed by atoms with Crippen LogP contribution in [0.1, 0.15) is 187 Å². The molecule has 0 aliphatic heterocycles. The highest BCUT2D eigenvalue weighted by atomic mass is 16.5. The Hall–Kier alpha value is -4.44. The van der Waals surface area contributed by atoms with Gasteiger partial charge in [-0.2, -0.15) is 0 Å². The van der Waals surface area contributed by atoms with E-state index in [2.05, 4.69) is 86.6 Å². The predicted molar refractivity (Wildman–Crippen MR) is 231 cm³/mol. The lowest BCUT2D eigenvalue weighted by Gasteiger charge is -2.43. The molecule has 5 aromatic carbocycles. The molecule has 0 spiro atoms. The number of carbonyl (C=O) groups is 2. The lowest BCUT2D eigenvalue weighted by molar-refractivity contribution is -0.135. The maximum Gasteiger partial charge on any atom is 0.311 e. The molecule has 294 valence electrons. The Balaban J connectivity index is 1.22. The summed E-state index contributed by atoms with van der Waals surface area (Å²) in [5.74, 6) is 0.566. The lowest BCUT2D eigenvalue weighted by atomic mass is 9.60. The summed E-state index contributed by atoms with van der Waals surface area (Å²) in [6.45, 7) is 4.51. The molecule has 0 radical (unpaired) electrons. The molecule has 0 saturated carbocycles. The van der Waals surface area contributed by atoms with Crippen molar-refractivity contribution in [3.63, 3.8) is 0 Å². The first kappa shape index (κ1) is 39.8. The Labute approximate surface area is 335 Å². The van der Waals surface area contributed by atoms with Crippen molar-refractivity contribution in [1.29, 1.82) is 0 Å². The van der Waals surface area contributed by atoms with Gasteiger partial charge >= 0.3 is 11.9 Å². The maximum atomic E-state index is 13.9. The second kappa shape index (κ2) is 19.6. The van der Waals surface area contributed by atoms with E-state index in [1.165, 1.54) is 99.3 Å². The molecule has 3 aliphatic rings. The van der Waals surface area contributed by atoms with Crippen LogP contribution < -0.4 is 9.47 Å². The average Bonchev–Trinajstić information content (AvgIpc) is 3.22. The van der Waals surface area contributed by atoms with Gasteiger partial charge in [0.2, 0.25) is 0 Å². The lowest BCUT2D eigenvalue weighted by Crippen LogP contribution is -2.29. The molecule has 2 bridgehead atoms. The molecule has 0 unspecified atom stereocenters. The third kappa shape index (κ3) is 8.90. The third-order valence-corrected chi connectivity index (χ3v) is 12.4. The Kier molecular flexibility index (Phi) is 13.9. The molecule has 5 aromatic rings. The van der Waals surface area contributed by atoms with Crippen LogP contribution in [0.2, 0.25) is 0 Å². The number of hydrogen-bond donors (Lipinski definition) is 0. The zero-order valence-electron chi connectivity index (χ0n) is 34.0. The van der Waals surface area contributed by atoms with E-state index in [-0.39, 0.29) is 23.8 Å². The molecule has 0 amide bonds. The zero-order chi connectivity index (χ0) is 38.7. The first-order valence-electron chi connectivity index (χ1n) is 22.2. The van der Waals surface area contributed by atoms with Gasteiger partial charge in [0.15, 0.2) is 0 Å². The Morgan fingerprint density at radius 2 is 0.732 bits per heavy atom. The quantitative estimate of drug-likeness (QED) is 0.0300. The fraction of sp³-hybridized carbons (Fsp3) is 0.462. The van der Waals surface area contributed by atoms with Crippen LogP contribution in [0, 0.1) is 0 Å². The number of benzene rings is 5. The summed E-state index contributed by atoms with van der Waals surface area (Å²) in [6.07, 6.45) is 22.2. The van der Waals surface area contributed by atoms with E-state index in [1.807, 2.05) is 12.1 Å². The van der Waals surface area contributed by atoms with Gasteiger partial charge in [-0.05, 0) is 58.0 Å². The van der Waals surface area contributed by atoms with Crippen molar-refractivity contribution in [2.24, 2.45) is 0 Å². The summed E-state index contributed by atoms with van der Waals surface area (Å²) in [4.78, 5) is 27.8. The fourth-order valence-electron chi connectivity index (χ4n) is 9.46. The first-order valence-corrected chi connectivity index (χ1v) is 22.2. The minimum Gasteiger partial charge on any atom is -0.426 e. The van der Waals surface area contributed by atoms with Gasteiger partial charge < -0.3 is 9.47 Å². The Bertz CT molecular complexity index is 1910. The first-order chi connectivity index (χ1) is 27.6. The molecule has 56 heavy (non-hydrogen) atoms. The predicted octanol–water partition coefficient (Wildman–Crippen LogP) is 14.6. The SMILES string of the molecule is CCCCCCCCCCCC(=O)Oc1c2c(c(OC(=O)CCCCCCCCCCC)c3cc4ccccc4cc13)C1c3ccccc3C2c2ccccc21. The van der Waals surface area contributed by atoms with Crippen LogP contribution in [-0.4, -0.2) is 11.9 Å². The van der Waals surface area contributed by atoms with E-state index >= 15 is 0 Å². The van der Waals surface area contributed by atoms with E-state index in [9.17, 15) is 9.59 Å². The number of rotatable bonds is 22. The highest BCUT2D eigenvalue weighted by Crippen LogP contribution is 2.62. The van der Waals surface area contributed by atoms with Crippen LogP contribution in [0.25, 0.3) is 21.5 Å². The van der Waals surface area contributed by atoms with Crippen LogP contribution in [0.5, 0.6) is 11.5 Å². The smallest absolute Gasteiger partial charge is 0.311 e. The second-order valence-corrected chi connectivity index (χ2v) is 16.5. The maximum absolute atomic E-state index is 13.9. The van der Waals surface area contributed by atoms with Crippen molar-refractivity contribution in [2.45, 2.75) is 154 Å². The van der Waals surface area contributed by atoms with Crippen LogP contribution in [0.3, 0.4) is 0 Å². The molecule has 0 N–H and O–H groups in total. The third-order valence-electron chi connectivity index (χ3n) is 12.4. The van der Waals surface area contributed by atoms with Crippen molar-refractivity contribution < 1.29 is 19.1 Å². The van der Waals surface area contributed by atoms with Crippen LogP contribution in [0.4, 0.5) is 0 Å². The molecule has 0 aromatic heterocycles. The average molecular weight is 751 g/mol. The van der Waals surface area contributed by atoms with Gasteiger partial charge in [-0.1, -0.05) is 189 Å². The summed E-state index contributed by atoms with van der Waals surface area (Å²) in [5, 5.41) is 3.78. The van der Waals surface area contributed by atoms with Crippen LogP contribution in [0.15, 0.2) is 84.9 Å². The Morgan fingerprint density at radius 1 is 0.429 bits per heavy atom. The molecule has 4 nitrogen and oxygen atoms in total. The normalized spacial score (nSPS) is 15.1. The zero-order valence-corrected chi connectivity index (χ0v) is 34.0. The van der Waals surface area contributed by atoms with E-state index in [0.29, 0.717) is 24.3 Å². The van der Waals surface area contributed by atoms with Gasteiger partial charge in [0.05, 0.1) is 0 Å². The minimum atomic E-state index is -0.192. The molecule has 0 fully saturated rings. The van der Waals surface area contributed by atoms with Crippen molar-refractivity contribution in [3.05, 3.63) is 118 Å². The monoisotopic (exact) mass is 750 g/mol. The van der Waals surface area contributed by atoms with Gasteiger partial charge in [0.1, 0.15) is 11.5 Å².